The molecule has 0 aliphatic carbocycles. The maximum atomic E-state index is 13.6. The molecule has 3 aromatic rings. The first-order valence-electron chi connectivity index (χ1n) is 8.29. The van der Waals surface area contributed by atoms with Crippen LogP contribution in [0.1, 0.15) is 15.9 Å². The standard InChI is InChI=1S/C21H19FN2O2/c1-24(14-15-10-11-16-6-2-3-7-17(16)12-15)20(25)13-23-21(26)18-8-4-5-9-19(18)22/h2-12H,13-14H2,1H3,(H,23,26). The highest BCUT2D eigenvalue weighted by Gasteiger charge is 2.14. The van der Waals surface area contributed by atoms with Crippen LogP contribution in [0.25, 0.3) is 10.8 Å². The van der Waals surface area contributed by atoms with Crippen LogP contribution in [-0.4, -0.2) is 30.3 Å². The summed E-state index contributed by atoms with van der Waals surface area (Å²) in [4.78, 5) is 25.8. The number of amides is 2. The number of fused-ring (bicyclic) bond motifs is 1. The van der Waals surface area contributed by atoms with Crippen molar-refractivity contribution in [2.45, 2.75) is 6.54 Å². The Balaban J connectivity index is 1.59. The molecule has 26 heavy (non-hydrogen) atoms. The normalized spacial score (nSPS) is 10.5. The molecule has 3 rings (SSSR count). The lowest BCUT2D eigenvalue weighted by atomic mass is 10.1. The minimum absolute atomic E-state index is 0.0718. The first kappa shape index (κ1) is 17.6. The highest BCUT2D eigenvalue weighted by atomic mass is 19.1. The predicted octanol–water partition coefficient (Wildman–Crippen LogP) is 3.37. The Bertz CT molecular complexity index is 955. The Labute approximate surface area is 151 Å². The monoisotopic (exact) mass is 350 g/mol. The molecule has 0 heterocycles. The molecular weight excluding hydrogens is 331 g/mol. The molecule has 132 valence electrons. The van der Waals surface area contributed by atoms with Crippen LogP contribution < -0.4 is 5.32 Å². The van der Waals surface area contributed by atoms with Crippen LogP contribution in [0, 0.1) is 5.82 Å². The van der Waals surface area contributed by atoms with Crippen molar-refractivity contribution in [2.24, 2.45) is 0 Å². The van der Waals surface area contributed by atoms with Gasteiger partial charge in [-0.2, -0.15) is 0 Å². The average molecular weight is 350 g/mol. The molecule has 0 aliphatic rings. The lowest BCUT2D eigenvalue weighted by Crippen LogP contribution is -2.38. The smallest absolute Gasteiger partial charge is 0.254 e. The summed E-state index contributed by atoms with van der Waals surface area (Å²) in [6.07, 6.45) is 0. The molecule has 0 radical (unpaired) electrons. The van der Waals surface area contributed by atoms with Gasteiger partial charge in [0.15, 0.2) is 0 Å². The van der Waals surface area contributed by atoms with E-state index in [1.165, 1.54) is 23.1 Å². The largest absolute Gasteiger partial charge is 0.343 e. The molecule has 1 N–H and O–H groups in total. The van der Waals surface area contributed by atoms with Gasteiger partial charge in [0.2, 0.25) is 5.91 Å². The number of halogens is 1. The van der Waals surface area contributed by atoms with Gasteiger partial charge in [-0.25, -0.2) is 4.39 Å². The average Bonchev–Trinajstić information content (AvgIpc) is 2.66. The third-order valence-corrected chi connectivity index (χ3v) is 4.18. The number of hydrogen-bond donors (Lipinski definition) is 1. The quantitative estimate of drug-likeness (QED) is 0.767. The number of nitrogens with zero attached hydrogens (tertiary/aromatic N) is 1. The van der Waals surface area contributed by atoms with E-state index in [1.807, 2.05) is 42.5 Å². The van der Waals surface area contributed by atoms with Gasteiger partial charge in [0.25, 0.3) is 5.91 Å². The van der Waals surface area contributed by atoms with Crippen molar-refractivity contribution in [2.75, 3.05) is 13.6 Å². The Morgan fingerprint density at radius 3 is 2.42 bits per heavy atom. The summed E-state index contributed by atoms with van der Waals surface area (Å²) in [5.74, 6) is -1.46. The lowest BCUT2D eigenvalue weighted by molar-refractivity contribution is -0.129. The van der Waals surface area contributed by atoms with E-state index in [2.05, 4.69) is 5.32 Å². The number of likely N-dealkylation sites (N-methyl/N-ethyl adjacent to an activating group) is 1. The molecule has 0 atom stereocenters. The van der Waals surface area contributed by atoms with E-state index in [-0.39, 0.29) is 18.0 Å². The van der Waals surface area contributed by atoms with E-state index in [9.17, 15) is 14.0 Å². The summed E-state index contributed by atoms with van der Waals surface area (Å²) in [6, 6.07) is 19.7. The summed E-state index contributed by atoms with van der Waals surface area (Å²) in [6.45, 7) is 0.247. The molecule has 0 saturated heterocycles. The Morgan fingerprint density at radius 2 is 1.65 bits per heavy atom. The number of rotatable bonds is 5. The fourth-order valence-electron chi connectivity index (χ4n) is 2.73. The zero-order valence-electron chi connectivity index (χ0n) is 14.4. The number of hydrogen-bond acceptors (Lipinski definition) is 2. The van der Waals surface area contributed by atoms with E-state index in [1.54, 1.807) is 13.1 Å². The fourth-order valence-corrected chi connectivity index (χ4v) is 2.73. The first-order chi connectivity index (χ1) is 12.5. The Morgan fingerprint density at radius 1 is 0.962 bits per heavy atom. The molecular formula is C21H19FN2O2. The third-order valence-electron chi connectivity index (χ3n) is 4.18. The van der Waals surface area contributed by atoms with Gasteiger partial charge in [0.1, 0.15) is 5.82 Å². The SMILES string of the molecule is CN(Cc1ccc2ccccc2c1)C(=O)CNC(=O)c1ccccc1F. The van der Waals surface area contributed by atoms with E-state index in [4.69, 9.17) is 0 Å². The van der Waals surface area contributed by atoms with Crippen LogP contribution in [0.3, 0.4) is 0 Å². The molecule has 5 heteroatoms. The van der Waals surface area contributed by atoms with Gasteiger partial charge in [0, 0.05) is 13.6 Å². The Kier molecular flexibility index (Phi) is 5.27. The van der Waals surface area contributed by atoms with Gasteiger partial charge in [-0.15, -0.1) is 0 Å². The molecule has 0 aromatic heterocycles. The summed E-state index contributed by atoms with van der Waals surface area (Å²) < 4.78 is 13.6. The van der Waals surface area contributed by atoms with E-state index in [0.29, 0.717) is 6.54 Å². The van der Waals surface area contributed by atoms with Crippen LogP contribution in [-0.2, 0) is 11.3 Å². The zero-order chi connectivity index (χ0) is 18.5. The lowest BCUT2D eigenvalue weighted by Gasteiger charge is -2.18. The fraction of sp³-hybridized carbons (Fsp3) is 0.143. The van der Waals surface area contributed by atoms with E-state index in [0.717, 1.165) is 16.3 Å². The maximum Gasteiger partial charge on any atom is 0.254 e. The molecule has 4 nitrogen and oxygen atoms in total. The molecule has 2 amide bonds. The molecule has 0 bridgehead atoms. The van der Waals surface area contributed by atoms with Gasteiger partial charge in [0.05, 0.1) is 12.1 Å². The highest BCUT2D eigenvalue weighted by Crippen LogP contribution is 2.16. The molecule has 0 fully saturated rings. The number of carbonyl (C=O) groups is 2. The van der Waals surface area contributed by atoms with Crippen molar-refractivity contribution >= 4 is 22.6 Å². The molecule has 3 aromatic carbocycles. The van der Waals surface area contributed by atoms with Gasteiger partial charge in [-0.1, -0.05) is 48.5 Å². The van der Waals surface area contributed by atoms with Gasteiger partial charge >= 0.3 is 0 Å². The second-order valence-electron chi connectivity index (χ2n) is 6.09. The van der Waals surface area contributed by atoms with Gasteiger partial charge < -0.3 is 10.2 Å². The van der Waals surface area contributed by atoms with Crippen molar-refractivity contribution < 1.29 is 14.0 Å². The topological polar surface area (TPSA) is 49.4 Å². The van der Waals surface area contributed by atoms with Crippen molar-refractivity contribution in [1.29, 1.82) is 0 Å². The van der Waals surface area contributed by atoms with Crippen LogP contribution in [0.15, 0.2) is 66.7 Å². The highest BCUT2D eigenvalue weighted by molar-refractivity contribution is 5.96. The van der Waals surface area contributed by atoms with E-state index >= 15 is 0 Å². The summed E-state index contributed by atoms with van der Waals surface area (Å²) >= 11 is 0. The van der Waals surface area contributed by atoms with Crippen LogP contribution in [0.2, 0.25) is 0 Å². The molecule has 0 aliphatic heterocycles. The molecule has 0 saturated carbocycles. The third kappa shape index (κ3) is 4.06. The van der Waals surface area contributed by atoms with Gasteiger partial charge in [-0.3, -0.25) is 9.59 Å². The predicted molar refractivity (Wildman–Crippen MR) is 99.2 cm³/mol. The van der Waals surface area contributed by atoms with Crippen molar-refractivity contribution in [3.63, 3.8) is 0 Å². The van der Waals surface area contributed by atoms with E-state index < -0.39 is 11.7 Å². The second kappa shape index (κ2) is 7.78. The van der Waals surface area contributed by atoms with Crippen LogP contribution in [0.4, 0.5) is 4.39 Å². The van der Waals surface area contributed by atoms with Crippen LogP contribution >= 0.6 is 0 Å². The zero-order valence-corrected chi connectivity index (χ0v) is 14.4. The van der Waals surface area contributed by atoms with Crippen LogP contribution in [0.5, 0.6) is 0 Å². The maximum absolute atomic E-state index is 13.6. The molecule has 0 spiro atoms. The van der Waals surface area contributed by atoms with Crippen molar-refractivity contribution in [1.82, 2.24) is 10.2 Å². The summed E-state index contributed by atoms with van der Waals surface area (Å²) in [5, 5.41) is 4.72. The van der Waals surface area contributed by atoms with Crippen molar-refractivity contribution in [3.8, 4) is 0 Å². The number of benzene rings is 3. The minimum atomic E-state index is -0.609. The van der Waals surface area contributed by atoms with Gasteiger partial charge in [-0.05, 0) is 34.5 Å². The summed E-state index contributed by atoms with van der Waals surface area (Å²) in [7, 11) is 1.67. The second-order valence-corrected chi connectivity index (χ2v) is 6.09. The molecule has 0 unspecified atom stereocenters. The minimum Gasteiger partial charge on any atom is -0.343 e. The Hall–Kier alpha value is -3.21. The summed E-state index contributed by atoms with van der Waals surface area (Å²) in [5.41, 5.74) is 0.928. The first-order valence-corrected chi connectivity index (χ1v) is 8.29. The number of carbonyl (C=O) groups excluding carboxylic acids is 2. The number of nitrogens with one attached hydrogen (secondary N) is 1. The van der Waals surface area contributed by atoms with Crippen molar-refractivity contribution in [3.05, 3.63) is 83.7 Å².